The van der Waals surface area contributed by atoms with Gasteiger partial charge in [0, 0.05) is 29.9 Å². The Balaban J connectivity index is 1.58. The van der Waals surface area contributed by atoms with Crippen molar-refractivity contribution >= 4 is 22.5 Å². The number of pyridine rings is 2. The van der Waals surface area contributed by atoms with Crippen LogP contribution >= 0.6 is 0 Å². The van der Waals surface area contributed by atoms with E-state index in [2.05, 4.69) is 20.5 Å². The molecule has 0 bridgehead atoms. The molecule has 0 saturated heterocycles. The molecule has 0 aliphatic heterocycles. The molecule has 8 heteroatoms. The molecule has 1 aromatic carbocycles. The summed E-state index contributed by atoms with van der Waals surface area (Å²) < 4.78 is 7.07. The SMILES string of the molecule is Cc1ccc2cc(CN(Cc3cccnc3)C(=O)c3ccco3)c3nnnn3c2c1. The molecule has 8 nitrogen and oxygen atoms in total. The zero-order valence-electron chi connectivity index (χ0n) is 16.3. The van der Waals surface area contributed by atoms with Crippen LogP contribution in [0.5, 0.6) is 0 Å². The van der Waals surface area contributed by atoms with E-state index in [4.69, 9.17) is 4.42 Å². The van der Waals surface area contributed by atoms with Crippen molar-refractivity contribution in [2.24, 2.45) is 0 Å². The number of tetrazole rings is 1. The molecule has 0 N–H and O–H groups in total. The average Bonchev–Trinajstić information content (AvgIpc) is 3.46. The second kappa shape index (κ2) is 7.40. The lowest BCUT2D eigenvalue weighted by molar-refractivity contribution is 0.0698. The van der Waals surface area contributed by atoms with Crippen LogP contribution in [0, 0.1) is 6.92 Å². The third-order valence-electron chi connectivity index (χ3n) is 4.98. The number of aryl methyl sites for hydroxylation is 1. The van der Waals surface area contributed by atoms with Crippen molar-refractivity contribution in [3.8, 4) is 0 Å². The van der Waals surface area contributed by atoms with Gasteiger partial charge < -0.3 is 9.32 Å². The number of amides is 1. The fourth-order valence-electron chi connectivity index (χ4n) is 3.55. The third-order valence-corrected chi connectivity index (χ3v) is 4.98. The van der Waals surface area contributed by atoms with Gasteiger partial charge in [0.2, 0.25) is 0 Å². The summed E-state index contributed by atoms with van der Waals surface area (Å²) in [6, 6.07) is 15.3. The van der Waals surface area contributed by atoms with E-state index in [1.807, 2.05) is 43.3 Å². The van der Waals surface area contributed by atoms with Gasteiger partial charge in [-0.3, -0.25) is 9.78 Å². The molecule has 0 unspecified atom stereocenters. The van der Waals surface area contributed by atoms with Crippen molar-refractivity contribution in [1.29, 1.82) is 0 Å². The van der Waals surface area contributed by atoms with Crippen LogP contribution in [0.3, 0.4) is 0 Å². The van der Waals surface area contributed by atoms with Crippen LogP contribution in [-0.4, -0.2) is 35.8 Å². The quantitative estimate of drug-likeness (QED) is 0.451. The summed E-state index contributed by atoms with van der Waals surface area (Å²) in [5.41, 5.74) is 4.44. The standard InChI is InChI=1S/C22H18N6O2/c1-15-6-7-17-11-18(21-24-25-26-28(21)19(17)10-15)14-27(13-16-4-2-8-23-12-16)22(29)20-5-3-9-30-20/h2-12H,13-14H2,1H3. The third kappa shape index (κ3) is 3.28. The summed E-state index contributed by atoms with van der Waals surface area (Å²) >= 11 is 0. The van der Waals surface area contributed by atoms with Crippen LogP contribution in [0.1, 0.15) is 27.2 Å². The number of carbonyl (C=O) groups excluding carboxylic acids is 1. The van der Waals surface area contributed by atoms with Gasteiger partial charge in [0.25, 0.3) is 5.91 Å². The lowest BCUT2D eigenvalue weighted by Gasteiger charge is -2.22. The van der Waals surface area contributed by atoms with Gasteiger partial charge in [-0.25, -0.2) is 0 Å². The molecule has 5 aromatic rings. The Hall–Kier alpha value is -4.07. The highest BCUT2D eigenvalue weighted by Gasteiger charge is 2.21. The highest BCUT2D eigenvalue weighted by Crippen LogP contribution is 2.23. The van der Waals surface area contributed by atoms with E-state index in [9.17, 15) is 4.79 Å². The lowest BCUT2D eigenvalue weighted by Crippen LogP contribution is -2.30. The average molecular weight is 398 g/mol. The zero-order chi connectivity index (χ0) is 20.5. The number of hydrogen-bond donors (Lipinski definition) is 0. The highest BCUT2D eigenvalue weighted by atomic mass is 16.3. The Morgan fingerprint density at radius 1 is 1.13 bits per heavy atom. The van der Waals surface area contributed by atoms with E-state index < -0.39 is 0 Å². The van der Waals surface area contributed by atoms with Crippen LogP contribution < -0.4 is 0 Å². The fourth-order valence-corrected chi connectivity index (χ4v) is 3.55. The van der Waals surface area contributed by atoms with Gasteiger partial charge in [-0.2, -0.15) is 4.52 Å². The highest BCUT2D eigenvalue weighted by molar-refractivity contribution is 5.91. The molecule has 30 heavy (non-hydrogen) atoms. The van der Waals surface area contributed by atoms with Gasteiger partial charge in [0.05, 0.1) is 18.3 Å². The fraction of sp³-hybridized carbons (Fsp3) is 0.136. The van der Waals surface area contributed by atoms with Crippen molar-refractivity contribution in [2.45, 2.75) is 20.0 Å². The molecule has 4 aromatic heterocycles. The number of hydrogen-bond acceptors (Lipinski definition) is 6. The monoisotopic (exact) mass is 398 g/mol. The van der Waals surface area contributed by atoms with E-state index in [0.29, 0.717) is 18.7 Å². The van der Waals surface area contributed by atoms with Gasteiger partial charge in [-0.1, -0.05) is 18.2 Å². The van der Waals surface area contributed by atoms with Gasteiger partial charge in [-0.05, 0) is 58.8 Å². The van der Waals surface area contributed by atoms with Crippen LogP contribution in [0.2, 0.25) is 0 Å². The molecule has 0 atom stereocenters. The van der Waals surface area contributed by atoms with E-state index in [1.54, 1.807) is 33.9 Å². The van der Waals surface area contributed by atoms with Crippen LogP contribution in [-0.2, 0) is 13.1 Å². The first-order valence-corrected chi connectivity index (χ1v) is 9.51. The number of aromatic nitrogens is 5. The lowest BCUT2D eigenvalue weighted by atomic mass is 10.1. The van der Waals surface area contributed by atoms with Crippen LogP contribution in [0.15, 0.2) is 71.6 Å². The maximum atomic E-state index is 13.2. The Labute approximate surface area is 171 Å². The summed E-state index contributed by atoms with van der Waals surface area (Å²) in [5, 5.41) is 13.2. The molecule has 0 saturated carbocycles. The van der Waals surface area contributed by atoms with Gasteiger partial charge >= 0.3 is 0 Å². The zero-order valence-corrected chi connectivity index (χ0v) is 16.3. The summed E-state index contributed by atoms with van der Waals surface area (Å²) in [6.07, 6.45) is 4.95. The Morgan fingerprint density at radius 3 is 2.87 bits per heavy atom. The van der Waals surface area contributed by atoms with Crippen LogP contribution in [0.4, 0.5) is 0 Å². The summed E-state index contributed by atoms with van der Waals surface area (Å²) in [6.45, 7) is 2.73. The number of fused-ring (bicyclic) bond motifs is 3. The molecule has 0 radical (unpaired) electrons. The number of furan rings is 1. The Bertz CT molecular complexity index is 1330. The maximum absolute atomic E-state index is 13.2. The number of rotatable bonds is 5. The molecule has 0 spiro atoms. The second-order valence-corrected chi connectivity index (χ2v) is 7.15. The molecule has 5 rings (SSSR count). The van der Waals surface area contributed by atoms with Crippen molar-refractivity contribution in [1.82, 2.24) is 29.9 Å². The predicted octanol–water partition coefficient (Wildman–Crippen LogP) is 3.42. The maximum Gasteiger partial charge on any atom is 0.290 e. The van der Waals surface area contributed by atoms with Crippen molar-refractivity contribution < 1.29 is 9.21 Å². The predicted molar refractivity (Wildman–Crippen MR) is 110 cm³/mol. The smallest absolute Gasteiger partial charge is 0.290 e. The first kappa shape index (κ1) is 18.0. The first-order valence-electron chi connectivity index (χ1n) is 9.51. The van der Waals surface area contributed by atoms with Gasteiger partial charge in [0.1, 0.15) is 0 Å². The number of nitrogens with zero attached hydrogens (tertiary/aromatic N) is 6. The molecule has 0 aliphatic rings. The number of benzene rings is 1. The van der Waals surface area contributed by atoms with E-state index in [0.717, 1.165) is 27.6 Å². The summed E-state index contributed by atoms with van der Waals surface area (Å²) in [4.78, 5) is 19.0. The second-order valence-electron chi connectivity index (χ2n) is 7.15. The summed E-state index contributed by atoms with van der Waals surface area (Å²) in [5.74, 6) is 0.0735. The van der Waals surface area contributed by atoms with Gasteiger partial charge in [-0.15, -0.1) is 5.10 Å². The number of carbonyl (C=O) groups is 1. The van der Waals surface area contributed by atoms with Crippen LogP contribution in [0.25, 0.3) is 16.6 Å². The molecule has 4 heterocycles. The molecular weight excluding hydrogens is 380 g/mol. The first-order chi connectivity index (χ1) is 14.7. The Kier molecular flexibility index (Phi) is 4.44. The van der Waals surface area contributed by atoms with Crippen molar-refractivity contribution in [2.75, 3.05) is 0 Å². The minimum atomic E-state index is -0.210. The van der Waals surface area contributed by atoms with E-state index >= 15 is 0 Å². The van der Waals surface area contributed by atoms with E-state index in [-0.39, 0.29) is 11.7 Å². The molecule has 1 amide bonds. The molecule has 148 valence electrons. The topological polar surface area (TPSA) is 89.4 Å². The van der Waals surface area contributed by atoms with Crippen molar-refractivity contribution in [3.05, 3.63) is 89.6 Å². The normalized spacial score (nSPS) is 11.2. The minimum absolute atomic E-state index is 0.210. The minimum Gasteiger partial charge on any atom is -0.459 e. The molecule has 0 aliphatic carbocycles. The van der Waals surface area contributed by atoms with Crippen molar-refractivity contribution in [3.63, 3.8) is 0 Å². The van der Waals surface area contributed by atoms with Gasteiger partial charge in [0.15, 0.2) is 11.4 Å². The molecule has 0 fully saturated rings. The summed E-state index contributed by atoms with van der Waals surface area (Å²) in [7, 11) is 0. The Morgan fingerprint density at radius 2 is 2.07 bits per heavy atom. The van der Waals surface area contributed by atoms with E-state index in [1.165, 1.54) is 6.26 Å². The molecular formula is C22H18N6O2. The largest absolute Gasteiger partial charge is 0.459 e.